The van der Waals surface area contributed by atoms with Crippen molar-refractivity contribution in [3.63, 3.8) is 0 Å². The molecule has 0 aliphatic carbocycles. The number of nitrogens with zero attached hydrogens (tertiary/aromatic N) is 3. The first-order valence-electron chi connectivity index (χ1n) is 9.31. The molecule has 2 aliphatic heterocycles. The van der Waals surface area contributed by atoms with Crippen molar-refractivity contribution in [2.75, 3.05) is 26.7 Å². The van der Waals surface area contributed by atoms with Crippen LogP contribution in [0.25, 0.3) is 10.9 Å². The topological polar surface area (TPSA) is 98.4 Å². The average Bonchev–Trinajstić information content (AvgIpc) is 3.02. The van der Waals surface area contributed by atoms with Crippen molar-refractivity contribution < 1.29 is 13.2 Å². The lowest BCUT2D eigenvalue weighted by Crippen LogP contribution is -2.60. The lowest BCUT2D eigenvalue weighted by Gasteiger charge is -2.39. The molecular weight excluding hydrogens is 366 g/mol. The molecule has 1 atom stereocenters. The van der Waals surface area contributed by atoms with E-state index < -0.39 is 16.1 Å². The maximum Gasteiger partial charge on any atom is 0.245 e. The fourth-order valence-electron chi connectivity index (χ4n) is 3.86. The molecule has 2 aromatic rings. The zero-order valence-electron chi connectivity index (χ0n) is 15.6. The lowest BCUT2D eigenvalue weighted by atomic mass is 10.0. The minimum absolute atomic E-state index is 0.122. The smallest absolute Gasteiger partial charge is 0.245 e. The molecule has 8 nitrogen and oxygen atoms in total. The van der Waals surface area contributed by atoms with Crippen molar-refractivity contribution in [3.05, 3.63) is 23.9 Å². The van der Waals surface area contributed by atoms with E-state index in [9.17, 15) is 13.2 Å². The minimum atomic E-state index is -3.77. The largest absolute Gasteiger partial charge is 0.352 e. The minimum Gasteiger partial charge on any atom is -0.352 e. The summed E-state index contributed by atoms with van der Waals surface area (Å²) in [6.07, 6.45) is 3.96. The van der Waals surface area contributed by atoms with E-state index in [0.29, 0.717) is 18.5 Å². The molecule has 0 radical (unpaired) electrons. The van der Waals surface area contributed by atoms with Crippen molar-refractivity contribution in [1.29, 1.82) is 0 Å². The molecule has 1 aromatic carbocycles. The van der Waals surface area contributed by atoms with Crippen LogP contribution in [0.2, 0.25) is 0 Å². The van der Waals surface area contributed by atoms with Crippen molar-refractivity contribution in [3.8, 4) is 0 Å². The molecule has 0 unspecified atom stereocenters. The van der Waals surface area contributed by atoms with Gasteiger partial charge in [0.1, 0.15) is 10.9 Å². The maximum absolute atomic E-state index is 13.2. The number of piperidine rings is 1. The van der Waals surface area contributed by atoms with Crippen molar-refractivity contribution in [2.45, 2.75) is 43.2 Å². The van der Waals surface area contributed by atoms with Crippen LogP contribution in [-0.2, 0) is 14.8 Å². The van der Waals surface area contributed by atoms with Gasteiger partial charge in [-0.3, -0.25) is 9.89 Å². The highest BCUT2D eigenvalue weighted by atomic mass is 32.2. The van der Waals surface area contributed by atoms with E-state index in [1.54, 1.807) is 12.3 Å². The van der Waals surface area contributed by atoms with E-state index in [2.05, 4.69) is 27.5 Å². The number of H-pyrrole nitrogens is 1. The summed E-state index contributed by atoms with van der Waals surface area (Å²) in [7, 11) is -1.71. The highest BCUT2D eigenvalue weighted by Gasteiger charge is 2.44. The summed E-state index contributed by atoms with van der Waals surface area (Å²) in [5.41, 5.74) is 1.33. The number of sulfonamides is 1. The van der Waals surface area contributed by atoms with Crippen LogP contribution in [0.4, 0.5) is 0 Å². The van der Waals surface area contributed by atoms with Gasteiger partial charge < -0.3 is 10.2 Å². The Morgan fingerprint density at radius 3 is 2.63 bits per heavy atom. The number of carbonyl (C=O) groups is 1. The van der Waals surface area contributed by atoms with Crippen LogP contribution in [0.15, 0.2) is 23.2 Å². The number of amides is 1. The Morgan fingerprint density at radius 1 is 1.22 bits per heavy atom. The van der Waals surface area contributed by atoms with Crippen LogP contribution >= 0.6 is 0 Å². The highest BCUT2D eigenvalue weighted by Crippen LogP contribution is 2.31. The Kier molecular flexibility index (Phi) is 4.69. The van der Waals surface area contributed by atoms with Gasteiger partial charge in [-0.25, -0.2) is 8.42 Å². The predicted molar refractivity (Wildman–Crippen MR) is 102 cm³/mol. The monoisotopic (exact) mass is 391 g/mol. The predicted octanol–water partition coefficient (Wildman–Crippen LogP) is 0.845. The van der Waals surface area contributed by atoms with E-state index in [1.807, 2.05) is 13.0 Å². The number of hydrogen-bond acceptors (Lipinski definition) is 5. The van der Waals surface area contributed by atoms with Crippen LogP contribution < -0.4 is 5.32 Å². The quantitative estimate of drug-likeness (QED) is 0.805. The third kappa shape index (κ3) is 3.35. The number of likely N-dealkylation sites (tertiary alicyclic amines) is 1. The van der Waals surface area contributed by atoms with Crippen LogP contribution in [-0.4, -0.2) is 72.5 Å². The van der Waals surface area contributed by atoms with Gasteiger partial charge >= 0.3 is 0 Å². The lowest BCUT2D eigenvalue weighted by molar-refractivity contribution is -0.128. The Balaban J connectivity index is 1.54. The maximum atomic E-state index is 13.2. The van der Waals surface area contributed by atoms with Gasteiger partial charge in [-0.05, 0) is 64.0 Å². The van der Waals surface area contributed by atoms with Gasteiger partial charge in [0.05, 0.1) is 11.7 Å². The molecule has 4 rings (SSSR count). The zero-order chi connectivity index (χ0) is 19.2. The molecule has 0 spiro atoms. The summed E-state index contributed by atoms with van der Waals surface area (Å²) < 4.78 is 27.8. The van der Waals surface area contributed by atoms with Crippen LogP contribution in [0.5, 0.6) is 0 Å². The van der Waals surface area contributed by atoms with Gasteiger partial charge in [0.15, 0.2) is 0 Å². The number of aromatic nitrogens is 2. The van der Waals surface area contributed by atoms with Crippen LogP contribution in [0.1, 0.15) is 24.8 Å². The summed E-state index contributed by atoms with van der Waals surface area (Å²) >= 11 is 0. The van der Waals surface area contributed by atoms with E-state index in [4.69, 9.17) is 0 Å². The third-order valence-electron chi connectivity index (χ3n) is 5.58. The number of fused-ring (bicyclic) bond motifs is 1. The third-order valence-corrected chi connectivity index (χ3v) is 7.51. The summed E-state index contributed by atoms with van der Waals surface area (Å²) in [6.45, 7) is 4.10. The molecule has 1 aromatic heterocycles. The van der Waals surface area contributed by atoms with E-state index >= 15 is 0 Å². The first-order chi connectivity index (χ1) is 12.9. The number of rotatable bonds is 4. The molecule has 0 saturated carbocycles. The summed E-state index contributed by atoms with van der Waals surface area (Å²) in [5.74, 6) is -0.187. The zero-order valence-corrected chi connectivity index (χ0v) is 16.4. The molecule has 3 heterocycles. The molecule has 2 aliphatic rings. The molecule has 9 heteroatoms. The Labute approximate surface area is 159 Å². The number of nitrogens with one attached hydrogen (secondary N) is 2. The van der Waals surface area contributed by atoms with Crippen LogP contribution in [0, 0.1) is 6.92 Å². The average molecular weight is 391 g/mol. The van der Waals surface area contributed by atoms with Gasteiger partial charge in [0.25, 0.3) is 0 Å². The van der Waals surface area contributed by atoms with E-state index in [0.717, 1.165) is 36.9 Å². The van der Waals surface area contributed by atoms with Gasteiger partial charge in [0, 0.05) is 18.0 Å². The standard InChI is InChI=1S/C18H25N5O3S/c1-12-9-13-11-19-21-17(13)16(10-12)27(25,26)23-8-5-15(23)18(24)20-14-3-6-22(2)7-4-14/h9-11,14-15H,3-8H2,1-2H3,(H,19,21)(H,20,24)/t15-/m0/s1. The first kappa shape index (κ1) is 18.4. The van der Waals surface area contributed by atoms with Gasteiger partial charge in [0.2, 0.25) is 15.9 Å². The second-order valence-electron chi connectivity index (χ2n) is 7.60. The highest BCUT2D eigenvalue weighted by molar-refractivity contribution is 7.89. The summed E-state index contributed by atoms with van der Waals surface area (Å²) in [5, 5.41) is 10.5. The molecular formula is C18H25N5O3S. The Hall–Kier alpha value is -1.97. The SMILES string of the molecule is Cc1cc(S(=O)(=O)N2CC[C@H]2C(=O)NC2CCN(C)CC2)c2[nH]ncc2c1. The molecule has 27 heavy (non-hydrogen) atoms. The van der Waals surface area contributed by atoms with Crippen LogP contribution in [0.3, 0.4) is 0 Å². The second-order valence-corrected chi connectivity index (χ2v) is 9.46. The molecule has 0 bridgehead atoms. The number of aryl methyl sites for hydroxylation is 1. The van der Waals surface area contributed by atoms with E-state index in [-0.39, 0.29) is 16.8 Å². The molecule has 2 saturated heterocycles. The summed E-state index contributed by atoms with van der Waals surface area (Å²) in [6, 6.07) is 3.02. The Bertz CT molecular complexity index is 963. The Morgan fingerprint density at radius 2 is 1.96 bits per heavy atom. The number of benzene rings is 1. The van der Waals surface area contributed by atoms with Crippen molar-refractivity contribution in [1.82, 2.24) is 24.7 Å². The summed E-state index contributed by atoms with van der Waals surface area (Å²) in [4.78, 5) is 15.1. The first-order valence-corrected chi connectivity index (χ1v) is 10.7. The van der Waals surface area contributed by atoms with Crippen molar-refractivity contribution in [2.24, 2.45) is 0 Å². The molecule has 2 N–H and O–H groups in total. The molecule has 2 fully saturated rings. The van der Waals surface area contributed by atoms with Gasteiger partial charge in [-0.1, -0.05) is 0 Å². The fourth-order valence-corrected chi connectivity index (χ4v) is 5.75. The van der Waals surface area contributed by atoms with Gasteiger partial charge in [-0.15, -0.1) is 0 Å². The molecule has 1 amide bonds. The fraction of sp³-hybridized carbons (Fsp3) is 0.556. The number of carbonyl (C=O) groups excluding carboxylic acids is 1. The number of aromatic amines is 1. The molecule has 146 valence electrons. The van der Waals surface area contributed by atoms with Crippen molar-refractivity contribution >= 4 is 26.8 Å². The van der Waals surface area contributed by atoms with E-state index in [1.165, 1.54) is 4.31 Å². The van der Waals surface area contributed by atoms with Gasteiger partial charge in [-0.2, -0.15) is 9.40 Å². The second kappa shape index (κ2) is 6.88. The normalized spacial score (nSPS) is 22.7. The number of hydrogen-bond donors (Lipinski definition) is 2.